The number of thiazole rings is 1. The van der Waals surface area contributed by atoms with Crippen LogP contribution in [0.2, 0.25) is 0 Å². The first kappa shape index (κ1) is 13.7. The molecule has 0 fully saturated rings. The highest BCUT2D eigenvalue weighted by Crippen LogP contribution is 2.27. The molecule has 0 radical (unpaired) electrons. The Labute approximate surface area is 121 Å². The van der Waals surface area contributed by atoms with Crippen LogP contribution < -0.4 is 5.32 Å². The van der Waals surface area contributed by atoms with E-state index >= 15 is 0 Å². The van der Waals surface area contributed by atoms with E-state index in [4.69, 9.17) is 0 Å². The summed E-state index contributed by atoms with van der Waals surface area (Å²) < 4.78 is 1.16. The Morgan fingerprint density at radius 1 is 1.39 bits per heavy atom. The molecule has 1 unspecified atom stereocenters. The van der Waals surface area contributed by atoms with Crippen LogP contribution in [0.1, 0.15) is 27.9 Å². The van der Waals surface area contributed by atoms with Crippen LogP contribution in [0.3, 0.4) is 0 Å². The molecule has 2 rings (SSSR count). The van der Waals surface area contributed by atoms with Crippen LogP contribution in [0.5, 0.6) is 0 Å². The summed E-state index contributed by atoms with van der Waals surface area (Å²) in [6.45, 7) is 4.19. The summed E-state index contributed by atoms with van der Waals surface area (Å²) in [5.74, 6) is 0. The number of halogens is 1. The largest absolute Gasteiger partial charge is 0.313 e. The smallest absolute Gasteiger partial charge is 0.0947 e. The predicted molar refractivity (Wildman–Crippen MR) is 81.2 cm³/mol. The molecule has 1 aromatic carbocycles. The minimum atomic E-state index is 0.313. The van der Waals surface area contributed by atoms with Crippen molar-refractivity contribution >= 4 is 27.3 Å². The van der Waals surface area contributed by atoms with Crippen molar-refractivity contribution in [2.24, 2.45) is 0 Å². The van der Waals surface area contributed by atoms with E-state index in [2.05, 4.69) is 56.7 Å². The molecule has 0 aliphatic heterocycles. The van der Waals surface area contributed by atoms with Crippen molar-refractivity contribution in [3.05, 3.63) is 49.9 Å². The second-order valence-electron chi connectivity index (χ2n) is 4.38. The van der Waals surface area contributed by atoms with E-state index in [1.165, 1.54) is 16.1 Å². The second-order valence-corrected chi connectivity index (χ2v) is 6.18. The van der Waals surface area contributed by atoms with Crippen molar-refractivity contribution in [1.82, 2.24) is 10.3 Å². The minimum Gasteiger partial charge on any atom is -0.313 e. The third-order valence-electron chi connectivity index (χ3n) is 3.08. The van der Waals surface area contributed by atoms with Crippen LogP contribution in [-0.4, -0.2) is 12.0 Å². The van der Waals surface area contributed by atoms with Gasteiger partial charge in [-0.1, -0.05) is 28.1 Å². The summed E-state index contributed by atoms with van der Waals surface area (Å²) in [5.41, 5.74) is 3.74. The van der Waals surface area contributed by atoms with Crippen LogP contribution in [-0.2, 0) is 6.42 Å². The van der Waals surface area contributed by atoms with Crippen molar-refractivity contribution < 1.29 is 0 Å². The fourth-order valence-electron chi connectivity index (χ4n) is 2.04. The summed E-state index contributed by atoms with van der Waals surface area (Å²) in [6, 6.07) is 6.66. The molecule has 0 amide bonds. The summed E-state index contributed by atoms with van der Waals surface area (Å²) in [5, 5.41) is 6.68. The monoisotopic (exact) mass is 324 g/mol. The third-order valence-corrected chi connectivity index (χ3v) is 4.93. The van der Waals surface area contributed by atoms with Gasteiger partial charge >= 0.3 is 0 Å². The maximum Gasteiger partial charge on any atom is 0.0947 e. The van der Waals surface area contributed by atoms with E-state index in [9.17, 15) is 0 Å². The molecule has 1 heterocycles. The highest BCUT2D eigenvalue weighted by molar-refractivity contribution is 9.10. The van der Waals surface area contributed by atoms with E-state index in [1.54, 1.807) is 11.3 Å². The van der Waals surface area contributed by atoms with E-state index in [0.29, 0.717) is 6.04 Å². The topological polar surface area (TPSA) is 24.9 Å². The maximum absolute atomic E-state index is 4.54. The summed E-state index contributed by atoms with van der Waals surface area (Å²) in [7, 11) is 2.01. The van der Waals surface area contributed by atoms with Gasteiger partial charge in [-0.2, -0.15) is 0 Å². The molecule has 2 aromatic rings. The number of nitrogens with one attached hydrogen (secondary N) is 1. The highest BCUT2D eigenvalue weighted by Gasteiger charge is 2.15. The Hall–Kier alpha value is -0.710. The van der Waals surface area contributed by atoms with Crippen LogP contribution >= 0.6 is 27.3 Å². The highest BCUT2D eigenvalue weighted by atomic mass is 79.9. The van der Waals surface area contributed by atoms with E-state index in [-0.39, 0.29) is 0 Å². The Kier molecular flexibility index (Phi) is 4.54. The SMILES string of the molecule is CNC(Cc1nc(C)cs1)c1cccc(Br)c1C. The molecule has 0 aliphatic rings. The molecule has 96 valence electrons. The number of aromatic nitrogens is 1. The molecule has 18 heavy (non-hydrogen) atoms. The lowest BCUT2D eigenvalue weighted by molar-refractivity contribution is 0.586. The predicted octanol–water partition coefficient (Wildman–Crippen LogP) is 4.03. The third kappa shape index (κ3) is 2.99. The van der Waals surface area contributed by atoms with Crippen molar-refractivity contribution in [2.75, 3.05) is 7.05 Å². The number of hydrogen-bond acceptors (Lipinski definition) is 3. The quantitative estimate of drug-likeness (QED) is 0.918. The molecular formula is C14H17BrN2S. The van der Waals surface area contributed by atoms with E-state index in [1.807, 2.05) is 14.0 Å². The van der Waals surface area contributed by atoms with Gasteiger partial charge in [0.15, 0.2) is 0 Å². The zero-order valence-electron chi connectivity index (χ0n) is 10.8. The molecule has 0 bridgehead atoms. The first-order valence-corrected chi connectivity index (χ1v) is 7.62. The number of hydrogen-bond donors (Lipinski definition) is 1. The van der Waals surface area contributed by atoms with Gasteiger partial charge in [-0.15, -0.1) is 11.3 Å². The summed E-state index contributed by atoms with van der Waals surface area (Å²) in [4.78, 5) is 4.54. The Balaban J connectivity index is 2.25. The number of rotatable bonds is 4. The van der Waals surface area contributed by atoms with Crippen LogP contribution in [0.25, 0.3) is 0 Å². The van der Waals surface area contributed by atoms with Crippen molar-refractivity contribution in [3.8, 4) is 0 Å². The van der Waals surface area contributed by atoms with E-state index in [0.717, 1.165) is 16.6 Å². The molecule has 0 saturated carbocycles. The molecule has 1 atom stereocenters. The van der Waals surface area contributed by atoms with Gasteiger partial charge in [0.05, 0.1) is 5.01 Å². The van der Waals surface area contributed by atoms with Crippen LogP contribution in [0.4, 0.5) is 0 Å². The average Bonchev–Trinajstić information content (AvgIpc) is 2.76. The zero-order valence-corrected chi connectivity index (χ0v) is 13.2. The van der Waals surface area contributed by atoms with Gasteiger partial charge < -0.3 is 5.32 Å². The van der Waals surface area contributed by atoms with Crippen LogP contribution in [0, 0.1) is 13.8 Å². The van der Waals surface area contributed by atoms with Gasteiger partial charge in [0, 0.05) is 28.0 Å². The standard InChI is InChI=1S/C14H17BrN2S/c1-9-8-18-14(17-9)7-13(16-3)11-5-4-6-12(15)10(11)2/h4-6,8,13,16H,7H2,1-3H3. The lowest BCUT2D eigenvalue weighted by Gasteiger charge is -2.18. The number of benzene rings is 1. The fourth-order valence-corrected chi connectivity index (χ4v) is 3.24. The van der Waals surface area contributed by atoms with Crippen molar-refractivity contribution in [1.29, 1.82) is 0 Å². The van der Waals surface area contributed by atoms with Crippen molar-refractivity contribution in [2.45, 2.75) is 26.3 Å². The Morgan fingerprint density at radius 3 is 2.78 bits per heavy atom. The molecule has 0 aliphatic carbocycles. The van der Waals surface area contributed by atoms with Crippen molar-refractivity contribution in [3.63, 3.8) is 0 Å². The second kappa shape index (κ2) is 5.95. The molecule has 1 aromatic heterocycles. The van der Waals surface area contributed by atoms with Crippen LogP contribution in [0.15, 0.2) is 28.1 Å². The van der Waals surface area contributed by atoms with Gasteiger partial charge in [0.25, 0.3) is 0 Å². The molecule has 2 nitrogen and oxygen atoms in total. The Bertz CT molecular complexity index is 536. The first-order valence-electron chi connectivity index (χ1n) is 5.95. The number of nitrogens with zero attached hydrogens (tertiary/aromatic N) is 1. The number of aryl methyl sites for hydroxylation is 1. The molecular weight excluding hydrogens is 308 g/mol. The summed E-state index contributed by atoms with van der Waals surface area (Å²) in [6.07, 6.45) is 0.937. The molecule has 0 saturated heterocycles. The molecule has 4 heteroatoms. The minimum absolute atomic E-state index is 0.313. The molecule has 0 spiro atoms. The Morgan fingerprint density at radius 2 is 2.17 bits per heavy atom. The van der Waals surface area contributed by atoms with Gasteiger partial charge in [-0.25, -0.2) is 4.98 Å². The van der Waals surface area contributed by atoms with Gasteiger partial charge in [-0.3, -0.25) is 0 Å². The maximum atomic E-state index is 4.54. The number of likely N-dealkylation sites (N-methyl/N-ethyl adjacent to an activating group) is 1. The normalized spacial score (nSPS) is 12.7. The lowest BCUT2D eigenvalue weighted by Crippen LogP contribution is -2.19. The van der Waals surface area contributed by atoms with Gasteiger partial charge in [0.1, 0.15) is 0 Å². The molecule has 1 N–H and O–H groups in total. The summed E-state index contributed by atoms with van der Waals surface area (Å²) >= 11 is 5.33. The van der Waals surface area contributed by atoms with Gasteiger partial charge in [0.2, 0.25) is 0 Å². The first-order chi connectivity index (χ1) is 8.61. The zero-order chi connectivity index (χ0) is 13.1. The lowest BCUT2D eigenvalue weighted by atomic mass is 9.99. The van der Waals surface area contributed by atoms with E-state index < -0.39 is 0 Å². The average molecular weight is 325 g/mol. The van der Waals surface area contributed by atoms with Gasteiger partial charge in [-0.05, 0) is 38.1 Å². The fraction of sp³-hybridized carbons (Fsp3) is 0.357.